The molecule has 1 aliphatic heterocycles. The maximum atomic E-state index is 3.82. The molecular weight excluding hydrogens is 252 g/mol. The number of rotatable bonds is 6. The maximum Gasteiger partial charge on any atom is 0.0329 e. The van der Waals surface area contributed by atoms with E-state index in [1.54, 1.807) is 0 Å². The van der Waals surface area contributed by atoms with E-state index in [-0.39, 0.29) is 0 Å². The molecule has 0 amide bonds. The molecule has 0 aromatic carbocycles. The molecule has 3 heteroatoms. The van der Waals surface area contributed by atoms with Gasteiger partial charge >= 0.3 is 0 Å². The van der Waals surface area contributed by atoms with E-state index in [0.29, 0.717) is 17.0 Å². The largest absolute Gasteiger partial charge is 0.310 e. The zero-order valence-corrected chi connectivity index (χ0v) is 14.7. The quantitative estimate of drug-likeness (QED) is 0.751. The lowest BCUT2D eigenvalue weighted by Gasteiger charge is -2.52. The fourth-order valence-corrected chi connectivity index (χ4v) is 3.72. The van der Waals surface area contributed by atoms with Crippen LogP contribution >= 0.6 is 11.8 Å². The van der Waals surface area contributed by atoms with Crippen molar-refractivity contribution < 1.29 is 0 Å². The van der Waals surface area contributed by atoms with Gasteiger partial charge in [0.1, 0.15) is 0 Å². The van der Waals surface area contributed by atoms with E-state index in [1.807, 2.05) is 0 Å². The van der Waals surface area contributed by atoms with E-state index in [9.17, 15) is 0 Å². The van der Waals surface area contributed by atoms with Gasteiger partial charge in [-0.3, -0.25) is 4.90 Å². The van der Waals surface area contributed by atoms with Gasteiger partial charge in [-0.15, -0.1) is 0 Å². The molecule has 1 aliphatic rings. The Morgan fingerprint density at radius 3 is 2.32 bits per heavy atom. The summed E-state index contributed by atoms with van der Waals surface area (Å²) in [4.78, 5) is 2.78. The summed E-state index contributed by atoms with van der Waals surface area (Å²) in [6.07, 6.45) is 2.51. The van der Waals surface area contributed by atoms with Crippen LogP contribution in [-0.2, 0) is 0 Å². The molecule has 2 nitrogen and oxygen atoms in total. The van der Waals surface area contributed by atoms with Crippen molar-refractivity contribution in [2.75, 3.05) is 31.1 Å². The highest BCUT2D eigenvalue weighted by atomic mass is 32.2. The number of hydrogen-bond acceptors (Lipinski definition) is 3. The van der Waals surface area contributed by atoms with Gasteiger partial charge in [0.2, 0.25) is 0 Å². The van der Waals surface area contributed by atoms with Crippen molar-refractivity contribution in [1.29, 1.82) is 0 Å². The van der Waals surface area contributed by atoms with Crippen molar-refractivity contribution in [3.05, 3.63) is 0 Å². The van der Waals surface area contributed by atoms with Gasteiger partial charge in [0, 0.05) is 37.0 Å². The predicted octanol–water partition coefficient (Wildman–Crippen LogP) is 3.62. The zero-order valence-electron chi connectivity index (χ0n) is 13.9. The SMILES string of the molecule is CCSCCN1CC(C(C)(C)C)NCC1(CC)CC. The second-order valence-corrected chi connectivity index (χ2v) is 8.27. The molecule has 1 rings (SSSR count). The van der Waals surface area contributed by atoms with E-state index in [4.69, 9.17) is 0 Å². The summed E-state index contributed by atoms with van der Waals surface area (Å²) in [6, 6.07) is 0.616. The standard InChI is InChI=1S/C16H34N2S/c1-7-16(8-2)13-17-14(15(4,5)6)12-18(16)10-11-19-9-3/h14,17H,7-13H2,1-6H3. The molecule has 0 aliphatic carbocycles. The minimum absolute atomic E-state index is 0.351. The van der Waals surface area contributed by atoms with E-state index in [2.05, 4.69) is 63.5 Å². The summed E-state index contributed by atoms with van der Waals surface area (Å²) < 4.78 is 0. The van der Waals surface area contributed by atoms with Crippen LogP contribution in [0, 0.1) is 5.41 Å². The number of hydrogen-bond donors (Lipinski definition) is 1. The van der Waals surface area contributed by atoms with Gasteiger partial charge in [0.15, 0.2) is 0 Å². The van der Waals surface area contributed by atoms with E-state index < -0.39 is 0 Å². The van der Waals surface area contributed by atoms with Crippen LogP contribution in [0.1, 0.15) is 54.4 Å². The third-order valence-electron chi connectivity index (χ3n) is 4.82. The smallest absolute Gasteiger partial charge is 0.0329 e. The van der Waals surface area contributed by atoms with Gasteiger partial charge in [-0.25, -0.2) is 0 Å². The third-order valence-corrected chi connectivity index (χ3v) is 5.70. The average Bonchev–Trinajstić information content (AvgIpc) is 2.38. The Hall–Kier alpha value is 0.270. The molecule has 1 N–H and O–H groups in total. The number of nitrogens with one attached hydrogen (secondary N) is 1. The Labute approximate surface area is 125 Å². The Morgan fingerprint density at radius 1 is 1.21 bits per heavy atom. The predicted molar refractivity (Wildman–Crippen MR) is 89.1 cm³/mol. The molecule has 0 bridgehead atoms. The molecule has 1 saturated heterocycles. The van der Waals surface area contributed by atoms with Gasteiger partial charge in [0.25, 0.3) is 0 Å². The first-order chi connectivity index (χ1) is 8.89. The molecule has 0 spiro atoms. The first-order valence-electron chi connectivity index (χ1n) is 7.95. The molecule has 1 fully saturated rings. The minimum atomic E-state index is 0.351. The number of nitrogens with zero attached hydrogens (tertiary/aromatic N) is 1. The molecule has 1 unspecified atom stereocenters. The van der Waals surface area contributed by atoms with Crippen LogP contribution in [0.2, 0.25) is 0 Å². The Morgan fingerprint density at radius 2 is 1.84 bits per heavy atom. The van der Waals surface area contributed by atoms with Crippen molar-refractivity contribution in [3.63, 3.8) is 0 Å². The molecule has 1 heterocycles. The first-order valence-corrected chi connectivity index (χ1v) is 9.11. The van der Waals surface area contributed by atoms with Crippen molar-refractivity contribution >= 4 is 11.8 Å². The van der Waals surface area contributed by atoms with E-state index in [1.165, 1.54) is 37.4 Å². The second kappa shape index (κ2) is 7.33. The molecule has 19 heavy (non-hydrogen) atoms. The maximum absolute atomic E-state index is 3.82. The van der Waals surface area contributed by atoms with Crippen LogP contribution in [0.4, 0.5) is 0 Å². The van der Waals surface area contributed by atoms with Crippen molar-refractivity contribution in [2.45, 2.75) is 66.0 Å². The highest BCUT2D eigenvalue weighted by molar-refractivity contribution is 7.99. The van der Waals surface area contributed by atoms with Crippen LogP contribution < -0.4 is 5.32 Å². The lowest BCUT2D eigenvalue weighted by atomic mass is 9.80. The van der Waals surface area contributed by atoms with Crippen LogP contribution in [0.15, 0.2) is 0 Å². The Bertz CT molecular complexity index is 256. The number of thioether (sulfide) groups is 1. The highest BCUT2D eigenvalue weighted by Crippen LogP contribution is 2.31. The monoisotopic (exact) mass is 286 g/mol. The van der Waals surface area contributed by atoms with Crippen LogP contribution in [0.5, 0.6) is 0 Å². The lowest BCUT2D eigenvalue weighted by Crippen LogP contribution is -2.67. The van der Waals surface area contributed by atoms with Crippen molar-refractivity contribution in [1.82, 2.24) is 10.2 Å². The topological polar surface area (TPSA) is 15.3 Å². The molecule has 1 atom stereocenters. The summed E-state index contributed by atoms with van der Waals surface area (Å²) in [5.41, 5.74) is 0.736. The summed E-state index contributed by atoms with van der Waals surface area (Å²) in [7, 11) is 0. The molecular formula is C16H34N2S. The Kier molecular flexibility index (Phi) is 6.68. The summed E-state index contributed by atoms with van der Waals surface area (Å²) in [5.74, 6) is 2.51. The van der Waals surface area contributed by atoms with E-state index in [0.717, 1.165) is 6.54 Å². The average molecular weight is 287 g/mol. The second-order valence-electron chi connectivity index (χ2n) is 6.87. The normalized spacial score (nSPS) is 24.6. The van der Waals surface area contributed by atoms with Gasteiger partial charge in [-0.05, 0) is 24.0 Å². The van der Waals surface area contributed by atoms with Gasteiger partial charge in [0.05, 0.1) is 0 Å². The fraction of sp³-hybridized carbons (Fsp3) is 1.00. The summed E-state index contributed by atoms with van der Waals surface area (Å²) in [6.45, 7) is 17.6. The van der Waals surface area contributed by atoms with Crippen LogP contribution in [0.3, 0.4) is 0 Å². The van der Waals surface area contributed by atoms with Gasteiger partial charge < -0.3 is 5.32 Å². The van der Waals surface area contributed by atoms with Crippen molar-refractivity contribution in [3.8, 4) is 0 Å². The molecule has 0 aromatic heterocycles. The fourth-order valence-electron chi connectivity index (χ4n) is 3.08. The third kappa shape index (κ3) is 4.37. The molecule has 0 saturated carbocycles. The van der Waals surface area contributed by atoms with Crippen molar-refractivity contribution in [2.24, 2.45) is 5.41 Å². The van der Waals surface area contributed by atoms with Gasteiger partial charge in [-0.1, -0.05) is 41.5 Å². The lowest BCUT2D eigenvalue weighted by molar-refractivity contribution is 0.0127. The number of piperazine rings is 1. The molecule has 0 radical (unpaired) electrons. The zero-order chi connectivity index (χ0) is 14.5. The molecule has 114 valence electrons. The Balaban J connectivity index is 2.74. The van der Waals surface area contributed by atoms with E-state index >= 15 is 0 Å². The highest BCUT2D eigenvalue weighted by Gasteiger charge is 2.41. The minimum Gasteiger partial charge on any atom is -0.310 e. The van der Waals surface area contributed by atoms with Gasteiger partial charge in [-0.2, -0.15) is 11.8 Å². The summed E-state index contributed by atoms with van der Waals surface area (Å²) in [5, 5.41) is 3.82. The first kappa shape index (κ1) is 17.3. The van der Waals surface area contributed by atoms with Crippen LogP contribution in [-0.4, -0.2) is 47.6 Å². The molecule has 0 aromatic rings. The summed E-state index contributed by atoms with van der Waals surface area (Å²) >= 11 is 2.07. The van der Waals surface area contributed by atoms with Crippen LogP contribution in [0.25, 0.3) is 0 Å².